The van der Waals surface area contributed by atoms with E-state index in [2.05, 4.69) is 6.92 Å². The smallest absolute Gasteiger partial charge is 0.0490 e. The second-order valence-corrected chi connectivity index (χ2v) is 6.08. The van der Waals surface area contributed by atoms with Crippen LogP contribution >= 0.6 is 0 Å². The Morgan fingerprint density at radius 2 is 1.53 bits per heavy atom. The van der Waals surface area contributed by atoms with Gasteiger partial charge in [-0.15, -0.1) is 0 Å². The minimum atomic E-state index is 0.761. The Bertz CT molecular complexity index is 182. The lowest BCUT2D eigenvalue weighted by Crippen LogP contribution is -2.32. The van der Waals surface area contributed by atoms with Crippen molar-refractivity contribution < 1.29 is 4.74 Å². The highest BCUT2D eigenvalue weighted by Gasteiger charge is 2.37. The Morgan fingerprint density at radius 3 is 2.07 bits per heavy atom. The molecular weight excluding hydrogens is 184 g/mol. The fraction of sp³-hybridized carbons (Fsp3) is 1.00. The lowest BCUT2D eigenvalue weighted by Gasteiger charge is -2.44. The molecule has 2 fully saturated rings. The summed E-state index contributed by atoms with van der Waals surface area (Å²) < 4.78 is 5.27. The first-order valence-corrected chi connectivity index (χ1v) is 6.73. The highest BCUT2D eigenvalue weighted by Crippen LogP contribution is 2.49. The molecule has 2 aliphatic carbocycles. The molecule has 0 amide bonds. The van der Waals surface area contributed by atoms with Crippen LogP contribution in [0.2, 0.25) is 0 Å². The predicted octanol–water partition coefficient (Wildman–Crippen LogP) is 4.02. The number of ether oxygens (including phenoxy) is 1. The molecule has 0 heterocycles. The Labute approximate surface area is 94.6 Å². The van der Waals surface area contributed by atoms with Crippen LogP contribution in [0.4, 0.5) is 0 Å². The third kappa shape index (κ3) is 2.75. The summed E-state index contributed by atoms with van der Waals surface area (Å²) in [6.07, 6.45) is 11.8. The topological polar surface area (TPSA) is 9.23 Å². The van der Waals surface area contributed by atoms with Gasteiger partial charge in [-0.1, -0.05) is 19.8 Å². The van der Waals surface area contributed by atoms with Gasteiger partial charge in [-0.05, 0) is 55.8 Å². The van der Waals surface area contributed by atoms with Crippen molar-refractivity contribution in [2.45, 2.75) is 58.3 Å². The van der Waals surface area contributed by atoms with Crippen molar-refractivity contribution in [1.82, 2.24) is 0 Å². The van der Waals surface area contributed by atoms with Crippen LogP contribution in [0.1, 0.15) is 58.3 Å². The summed E-state index contributed by atoms with van der Waals surface area (Å²) in [5, 5.41) is 0. The summed E-state index contributed by atoms with van der Waals surface area (Å²) in [5.41, 5.74) is 0.761. The van der Waals surface area contributed by atoms with E-state index in [-0.39, 0.29) is 0 Å². The number of hydrogen-bond acceptors (Lipinski definition) is 1. The Morgan fingerprint density at radius 1 is 1.00 bits per heavy atom. The summed E-state index contributed by atoms with van der Waals surface area (Å²) in [4.78, 5) is 0. The van der Waals surface area contributed by atoms with Crippen molar-refractivity contribution in [2.75, 3.05) is 13.7 Å². The van der Waals surface area contributed by atoms with E-state index in [1.165, 1.54) is 51.4 Å². The molecule has 88 valence electrons. The minimum absolute atomic E-state index is 0.761. The molecule has 0 aromatic carbocycles. The van der Waals surface area contributed by atoms with Crippen molar-refractivity contribution in [1.29, 1.82) is 0 Å². The summed E-state index contributed by atoms with van der Waals surface area (Å²) in [7, 11) is 1.84. The normalized spacial score (nSPS) is 42.0. The van der Waals surface area contributed by atoms with Crippen LogP contribution in [0.15, 0.2) is 0 Å². The SMILES string of the molecule is COCC1CCC2(CCC(C)CC2)CC1. The second kappa shape index (κ2) is 4.86. The summed E-state index contributed by atoms with van der Waals surface area (Å²) >= 11 is 0. The second-order valence-electron chi connectivity index (χ2n) is 6.08. The van der Waals surface area contributed by atoms with Gasteiger partial charge in [0, 0.05) is 13.7 Å². The van der Waals surface area contributed by atoms with E-state index in [4.69, 9.17) is 4.74 Å². The molecule has 2 saturated carbocycles. The largest absolute Gasteiger partial charge is 0.384 e. The number of methoxy groups -OCH3 is 1. The molecule has 0 aromatic rings. The van der Waals surface area contributed by atoms with Crippen LogP contribution in [0, 0.1) is 17.3 Å². The molecular formula is C14H26O. The molecule has 0 atom stereocenters. The maximum atomic E-state index is 5.27. The average Bonchev–Trinajstić information content (AvgIpc) is 2.27. The monoisotopic (exact) mass is 210 g/mol. The van der Waals surface area contributed by atoms with Crippen molar-refractivity contribution >= 4 is 0 Å². The first kappa shape index (κ1) is 11.4. The Balaban J connectivity index is 1.81. The van der Waals surface area contributed by atoms with Crippen LogP contribution in [0.3, 0.4) is 0 Å². The molecule has 15 heavy (non-hydrogen) atoms. The van der Waals surface area contributed by atoms with Gasteiger partial charge in [0.1, 0.15) is 0 Å². The fourth-order valence-electron chi connectivity index (χ4n) is 3.57. The summed E-state index contributed by atoms with van der Waals surface area (Å²) in [6.45, 7) is 3.41. The van der Waals surface area contributed by atoms with Crippen LogP contribution in [-0.4, -0.2) is 13.7 Å². The predicted molar refractivity (Wildman–Crippen MR) is 63.9 cm³/mol. The Kier molecular flexibility index (Phi) is 3.71. The molecule has 1 heteroatoms. The molecule has 0 aliphatic heterocycles. The standard InChI is InChI=1S/C14H26O/c1-12-3-7-14(8-4-12)9-5-13(6-10-14)11-15-2/h12-13H,3-11H2,1-2H3. The van der Waals surface area contributed by atoms with E-state index < -0.39 is 0 Å². The van der Waals surface area contributed by atoms with Crippen LogP contribution in [0.25, 0.3) is 0 Å². The third-order valence-corrected chi connectivity index (χ3v) is 4.90. The highest BCUT2D eigenvalue weighted by atomic mass is 16.5. The van der Waals surface area contributed by atoms with Gasteiger partial charge in [0.05, 0.1) is 0 Å². The van der Waals surface area contributed by atoms with Crippen LogP contribution < -0.4 is 0 Å². The van der Waals surface area contributed by atoms with Gasteiger partial charge < -0.3 is 4.74 Å². The first-order valence-electron chi connectivity index (χ1n) is 6.73. The summed E-state index contributed by atoms with van der Waals surface area (Å²) in [5.74, 6) is 1.85. The van der Waals surface area contributed by atoms with Crippen molar-refractivity contribution in [3.63, 3.8) is 0 Å². The molecule has 0 bridgehead atoms. The molecule has 2 rings (SSSR count). The van der Waals surface area contributed by atoms with Gasteiger partial charge in [0.2, 0.25) is 0 Å². The van der Waals surface area contributed by atoms with Crippen molar-refractivity contribution in [2.24, 2.45) is 17.3 Å². The van der Waals surface area contributed by atoms with E-state index in [0.717, 1.165) is 23.9 Å². The van der Waals surface area contributed by atoms with E-state index in [9.17, 15) is 0 Å². The quantitative estimate of drug-likeness (QED) is 0.669. The molecule has 0 saturated heterocycles. The molecule has 1 spiro atoms. The molecule has 0 unspecified atom stereocenters. The maximum absolute atomic E-state index is 5.27. The average molecular weight is 210 g/mol. The van der Waals surface area contributed by atoms with Gasteiger partial charge in [-0.3, -0.25) is 0 Å². The van der Waals surface area contributed by atoms with E-state index in [1.807, 2.05) is 7.11 Å². The van der Waals surface area contributed by atoms with Crippen LogP contribution in [-0.2, 0) is 4.74 Å². The lowest BCUT2D eigenvalue weighted by atomic mass is 9.62. The zero-order chi connectivity index (χ0) is 10.7. The van der Waals surface area contributed by atoms with Gasteiger partial charge >= 0.3 is 0 Å². The molecule has 0 aromatic heterocycles. The van der Waals surface area contributed by atoms with Gasteiger partial charge in [0.15, 0.2) is 0 Å². The number of hydrogen-bond donors (Lipinski definition) is 0. The van der Waals surface area contributed by atoms with Crippen LogP contribution in [0.5, 0.6) is 0 Å². The Hall–Kier alpha value is -0.0400. The van der Waals surface area contributed by atoms with Gasteiger partial charge in [-0.25, -0.2) is 0 Å². The maximum Gasteiger partial charge on any atom is 0.0490 e. The summed E-state index contributed by atoms with van der Waals surface area (Å²) in [6, 6.07) is 0. The van der Waals surface area contributed by atoms with E-state index in [1.54, 1.807) is 0 Å². The highest BCUT2D eigenvalue weighted by molar-refractivity contribution is 4.89. The minimum Gasteiger partial charge on any atom is -0.384 e. The van der Waals surface area contributed by atoms with Crippen molar-refractivity contribution in [3.05, 3.63) is 0 Å². The fourth-order valence-corrected chi connectivity index (χ4v) is 3.57. The molecule has 2 aliphatic rings. The van der Waals surface area contributed by atoms with Crippen molar-refractivity contribution in [3.8, 4) is 0 Å². The molecule has 1 nitrogen and oxygen atoms in total. The van der Waals surface area contributed by atoms with E-state index >= 15 is 0 Å². The third-order valence-electron chi connectivity index (χ3n) is 4.90. The zero-order valence-electron chi connectivity index (χ0n) is 10.4. The molecule has 0 N–H and O–H groups in total. The lowest BCUT2D eigenvalue weighted by molar-refractivity contribution is 0.0493. The van der Waals surface area contributed by atoms with E-state index in [0.29, 0.717) is 0 Å². The first-order chi connectivity index (χ1) is 7.24. The van der Waals surface area contributed by atoms with Gasteiger partial charge in [-0.2, -0.15) is 0 Å². The zero-order valence-corrected chi connectivity index (χ0v) is 10.4. The molecule has 0 radical (unpaired) electrons. The number of rotatable bonds is 2. The van der Waals surface area contributed by atoms with Gasteiger partial charge in [0.25, 0.3) is 0 Å².